The molecule has 0 radical (unpaired) electrons. The fraction of sp³-hybridized carbons (Fsp3) is 0.381. The van der Waals surface area contributed by atoms with Crippen molar-refractivity contribution in [3.8, 4) is 11.8 Å². The Morgan fingerprint density at radius 2 is 1.96 bits per heavy atom. The zero-order valence-corrected chi connectivity index (χ0v) is 15.0. The van der Waals surface area contributed by atoms with Crippen LogP contribution in [0.4, 0.5) is 0 Å². The van der Waals surface area contributed by atoms with Gasteiger partial charge in [0.1, 0.15) is 12.4 Å². The monoisotopic (exact) mass is 338 g/mol. The molecule has 2 aromatic carbocycles. The molecule has 0 bridgehead atoms. The number of ether oxygens (including phenoxy) is 2. The molecule has 0 unspecified atom stereocenters. The first-order chi connectivity index (χ1) is 12.2. The number of rotatable bonds is 10. The van der Waals surface area contributed by atoms with E-state index in [0.29, 0.717) is 18.3 Å². The highest BCUT2D eigenvalue weighted by atomic mass is 16.5. The van der Waals surface area contributed by atoms with Gasteiger partial charge < -0.3 is 14.8 Å². The molecule has 0 aliphatic rings. The van der Waals surface area contributed by atoms with E-state index in [-0.39, 0.29) is 0 Å². The third-order valence-corrected chi connectivity index (χ3v) is 3.71. The molecule has 4 nitrogen and oxygen atoms in total. The van der Waals surface area contributed by atoms with Gasteiger partial charge in [0, 0.05) is 18.7 Å². The average Bonchev–Trinajstić information content (AvgIpc) is 2.63. The van der Waals surface area contributed by atoms with E-state index in [1.165, 1.54) is 5.56 Å². The van der Waals surface area contributed by atoms with Crippen LogP contribution in [0.15, 0.2) is 48.5 Å². The lowest BCUT2D eigenvalue weighted by Gasteiger charge is -2.10. The first-order valence-electron chi connectivity index (χ1n) is 8.71. The second-order valence-electron chi connectivity index (χ2n) is 6.15. The Balaban J connectivity index is 1.78. The first kappa shape index (κ1) is 19.0. The third kappa shape index (κ3) is 6.96. The van der Waals surface area contributed by atoms with Crippen molar-refractivity contribution in [2.24, 2.45) is 0 Å². The highest BCUT2D eigenvalue weighted by molar-refractivity contribution is 5.37. The van der Waals surface area contributed by atoms with Crippen molar-refractivity contribution in [1.29, 1.82) is 5.26 Å². The van der Waals surface area contributed by atoms with Gasteiger partial charge in [-0.2, -0.15) is 5.26 Å². The number of hydrogen-bond donors (Lipinski definition) is 1. The van der Waals surface area contributed by atoms with Crippen LogP contribution < -0.4 is 10.1 Å². The first-order valence-corrected chi connectivity index (χ1v) is 8.71. The summed E-state index contributed by atoms with van der Waals surface area (Å²) in [6.07, 6.45) is 1.29. The van der Waals surface area contributed by atoms with Crippen LogP contribution in [0.2, 0.25) is 0 Å². The molecule has 0 aromatic heterocycles. The van der Waals surface area contributed by atoms with E-state index >= 15 is 0 Å². The van der Waals surface area contributed by atoms with Crippen molar-refractivity contribution in [3.05, 3.63) is 65.2 Å². The fourth-order valence-corrected chi connectivity index (χ4v) is 2.41. The fourth-order valence-electron chi connectivity index (χ4n) is 2.41. The van der Waals surface area contributed by atoms with Gasteiger partial charge in [0.15, 0.2) is 0 Å². The second-order valence-corrected chi connectivity index (χ2v) is 6.15. The van der Waals surface area contributed by atoms with Crippen molar-refractivity contribution >= 4 is 0 Å². The van der Waals surface area contributed by atoms with Crippen LogP contribution >= 0.6 is 0 Å². The predicted octanol–water partition coefficient (Wildman–Crippen LogP) is 4.04. The van der Waals surface area contributed by atoms with Gasteiger partial charge in [0.2, 0.25) is 0 Å². The largest absolute Gasteiger partial charge is 0.489 e. The highest BCUT2D eigenvalue weighted by Gasteiger charge is 2.03. The molecule has 0 saturated carbocycles. The quantitative estimate of drug-likeness (QED) is 0.664. The molecule has 0 atom stereocenters. The summed E-state index contributed by atoms with van der Waals surface area (Å²) in [6.45, 7) is 7.00. The van der Waals surface area contributed by atoms with Gasteiger partial charge in [-0.1, -0.05) is 30.3 Å². The summed E-state index contributed by atoms with van der Waals surface area (Å²) in [4.78, 5) is 0. The summed E-state index contributed by atoms with van der Waals surface area (Å²) in [5, 5.41) is 12.5. The SMILES string of the molecule is CC(C)OCCCNCc1cccc(OCc2ccccc2C#N)c1. The van der Waals surface area contributed by atoms with E-state index in [2.05, 4.69) is 17.5 Å². The van der Waals surface area contributed by atoms with E-state index in [9.17, 15) is 0 Å². The van der Waals surface area contributed by atoms with Crippen LogP contribution in [0, 0.1) is 11.3 Å². The topological polar surface area (TPSA) is 54.3 Å². The van der Waals surface area contributed by atoms with Crippen LogP contribution in [0.25, 0.3) is 0 Å². The number of hydrogen-bond acceptors (Lipinski definition) is 4. The number of benzene rings is 2. The second kappa shape index (κ2) is 10.5. The minimum Gasteiger partial charge on any atom is -0.489 e. The van der Waals surface area contributed by atoms with E-state index in [1.54, 1.807) is 0 Å². The van der Waals surface area contributed by atoms with Crippen molar-refractivity contribution in [1.82, 2.24) is 5.32 Å². The molecule has 2 aromatic rings. The molecule has 4 heteroatoms. The summed E-state index contributed by atoms with van der Waals surface area (Å²) >= 11 is 0. The van der Waals surface area contributed by atoms with Gasteiger partial charge in [-0.05, 0) is 50.6 Å². The lowest BCUT2D eigenvalue weighted by molar-refractivity contribution is 0.0770. The van der Waals surface area contributed by atoms with Crippen molar-refractivity contribution in [3.63, 3.8) is 0 Å². The van der Waals surface area contributed by atoms with Gasteiger partial charge in [-0.25, -0.2) is 0 Å². The van der Waals surface area contributed by atoms with Crippen molar-refractivity contribution < 1.29 is 9.47 Å². The summed E-state index contributed by atoms with van der Waals surface area (Å²) < 4.78 is 11.4. The molecule has 2 rings (SSSR count). The Hall–Kier alpha value is -2.35. The van der Waals surface area contributed by atoms with Crippen LogP contribution in [0.1, 0.15) is 37.0 Å². The normalized spacial score (nSPS) is 10.6. The maximum atomic E-state index is 9.13. The number of nitrogens with zero attached hydrogens (tertiary/aromatic N) is 1. The van der Waals surface area contributed by atoms with E-state index in [0.717, 1.165) is 37.4 Å². The molecule has 0 heterocycles. The minimum atomic E-state index is 0.292. The Labute approximate surface area is 150 Å². The standard InChI is InChI=1S/C21H26N2O2/c1-17(2)24-12-6-11-23-15-18-7-5-10-21(13-18)25-16-20-9-4-3-8-19(20)14-22/h3-5,7-10,13,17,23H,6,11-12,15-16H2,1-2H3. The zero-order chi connectivity index (χ0) is 17.9. The van der Waals surface area contributed by atoms with Crippen LogP contribution in [-0.2, 0) is 17.9 Å². The minimum absolute atomic E-state index is 0.292. The van der Waals surface area contributed by atoms with E-state index in [1.807, 2.05) is 56.3 Å². The number of nitrogens with one attached hydrogen (secondary N) is 1. The zero-order valence-electron chi connectivity index (χ0n) is 15.0. The van der Waals surface area contributed by atoms with Crippen LogP contribution in [0.5, 0.6) is 5.75 Å². The third-order valence-electron chi connectivity index (χ3n) is 3.71. The van der Waals surface area contributed by atoms with Crippen LogP contribution in [0.3, 0.4) is 0 Å². The molecule has 0 spiro atoms. The van der Waals surface area contributed by atoms with Gasteiger partial charge in [-0.15, -0.1) is 0 Å². The summed E-state index contributed by atoms with van der Waals surface area (Å²) in [6, 6.07) is 17.7. The molecule has 1 N–H and O–H groups in total. The molecule has 0 amide bonds. The van der Waals surface area contributed by atoms with Crippen molar-refractivity contribution in [2.75, 3.05) is 13.2 Å². The van der Waals surface area contributed by atoms with Gasteiger partial charge in [0.05, 0.1) is 17.7 Å². The molecule has 0 aliphatic carbocycles. The Morgan fingerprint density at radius 1 is 1.12 bits per heavy atom. The average molecular weight is 338 g/mol. The molecule has 0 saturated heterocycles. The molecule has 25 heavy (non-hydrogen) atoms. The molecular formula is C21H26N2O2. The smallest absolute Gasteiger partial charge is 0.120 e. The van der Waals surface area contributed by atoms with Crippen molar-refractivity contribution in [2.45, 2.75) is 39.5 Å². The van der Waals surface area contributed by atoms with Gasteiger partial charge in [-0.3, -0.25) is 0 Å². The highest BCUT2D eigenvalue weighted by Crippen LogP contribution is 2.16. The summed E-state index contributed by atoms with van der Waals surface area (Å²) in [7, 11) is 0. The Kier molecular flexibility index (Phi) is 7.97. The van der Waals surface area contributed by atoms with Gasteiger partial charge >= 0.3 is 0 Å². The Morgan fingerprint density at radius 3 is 2.76 bits per heavy atom. The van der Waals surface area contributed by atoms with Crippen LogP contribution in [-0.4, -0.2) is 19.3 Å². The lowest BCUT2D eigenvalue weighted by atomic mass is 10.1. The van der Waals surface area contributed by atoms with Gasteiger partial charge in [0.25, 0.3) is 0 Å². The molecular weight excluding hydrogens is 312 g/mol. The predicted molar refractivity (Wildman–Crippen MR) is 99.3 cm³/mol. The molecule has 0 fully saturated rings. The summed E-state index contributed by atoms with van der Waals surface area (Å²) in [5.41, 5.74) is 2.73. The molecule has 0 aliphatic heterocycles. The maximum Gasteiger partial charge on any atom is 0.120 e. The maximum absolute atomic E-state index is 9.13. The Bertz CT molecular complexity index is 692. The van der Waals surface area contributed by atoms with E-state index < -0.39 is 0 Å². The molecule has 132 valence electrons. The lowest BCUT2D eigenvalue weighted by Crippen LogP contribution is -2.17. The summed E-state index contributed by atoms with van der Waals surface area (Å²) in [5.74, 6) is 0.815. The van der Waals surface area contributed by atoms with E-state index in [4.69, 9.17) is 14.7 Å². The number of nitriles is 1.